The molecule has 0 aliphatic carbocycles. The van der Waals surface area contributed by atoms with E-state index in [1.807, 2.05) is 30.5 Å². The first kappa shape index (κ1) is 19.5. The number of aromatic amines is 1. The summed E-state index contributed by atoms with van der Waals surface area (Å²) >= 11 is 6.95. The summed E-state index contributed by atoms with van der Waals surface area (Å²) in [4.78, 5) is 1.47. The van der Waals surface area contributed by atoms with E-state index in [9.17, 15) is 8.42 Å². The molecule has 140 valence electrons. The maximum absolute atomic E-state index is 11.6. The van der Waals surface area contributed by atoms with Gasteiger partial charge in [0.25, 0.3) is 0 Å². The highest BCUT2D eigenvalue weighted by atomic mass is 32.2. The molecule has 9 heteroatoms. The molecule has 6 nitrogen and oxygen atoms in total. The van der Waals surface area contributed by atoms with Gasteiger partial charge >= 0.3 is 0 Å². The number of nitrogens with zero attached hydrogens (tertiary/aromatic N) is 3. The summed E-state index contributed by atoms with van der Waals surface area (Å²) in [6.45, 7) is 0. The molecule has 0 radical (unpaired) electrons. The van der Waals surface area contributed by atoms with E-state index in [0.29, 0.717) is 17.0 Å². The molecule has 0 amide bonds. The molecule has 1 N–H and O–H groups in total. The minimum atomic E-state index is -3.21. The van der Waals surface area contributed by atoms with Crippen molar-refractivity contribution in [2.24, 2.45) is 5.10 Å². The minimum Gasteiger partial charge on any atom is -0.250 e. The molecule has 0 fully saturated rings. The fourth-order valence-electron chi connectivity index (χ4n) is 2.41. The molecule has 2 aromatic carbocycles. The maximum atomic E-state index is 11.6. The lowest BCUT2D eigenvalue weighted by Gasteiger charge is -2.03. The van der Waals surface area contributed by atoms with Crippen molar-refractivity contribution in [2.45, 2.75) is 16.2 Å². The standard InChI is InChI=1S/C18H18N4O2S3/c1-26-15-7-3-14(4-8-15)12-19-22-17(20-21-18(22)25)11-13-5-9-16(10-6-13)27(2,23)24/h3-10,12H,11H2,1-2H3,(H,21,25)/b19-12+. The van der Waals surface area contributed by atoms with Crippen molar-refractivity contribution in [2.75, 3.05) is 12.5 Å². The second-order valence-corrected chi connectivity index (χ2v) is 9.15. The highest BCUT2D eigenvalue weighted by molar-refractivity contribution is 7.98. The highest BCUT2D eigenvalue weighted by Gasteiger charge is 2.09. The Bertz CT molecular complexity index is 1110. The van der Waals surface area contributed by atoms with E-state index < -0.39 is 9.84 Å². The minimum absolute atomic E-state index is 0.289. The summed E-state index contributed by atoms with van der Waals surface area (Å²) in [7, 11) is -3.21. The van der Waals surface area contributed by atoms with Gasteiger partial charge in [0.2, 0.25) is 4.77 Å². The van der Waals surface area contributed by atoms with Crippen molar-refractivity contribution in [1.29, 1.82) is 0 Å². The summed E-state index contributed by atoms with van der Waals surface area (Å²) in [6.07, 6.45) is 5.42. The fourth-order valence-corrected chi connectivity index (χ4v) is 3.65. The van der Waals surface area contributed by atoms with Crippen LogP contribution in [0.1, 0.15) is 17.0 Å². The third kappa shape index (κ3) is 4.94. The zero-order valence-corrected chi connectivity index (χ0v) is 17.2. The molecule has 0 saturated heterocycles. The van der Waals surface area contributed by atoms with Gasteiger partial charge in [-0.3, -0.25) is 5.10 Å². The van der Waals surface area contributed by atoms with Crippen molar-refractivity contribution in [1.82, 2.24) is 14.9 Å². The molecule has 0 bridgehead atoms. The first-order valence-corrected chi connectivity index (χ1v) is 11.5. The van der Waals surface area contributed by atoms with Gasteiger partial charge < -0.3 is 0 Å². The number of hydrogen-bond donors (Lipinski definition) is 1. The SMILES string of the molecule is CSc1ccc(/C=N/n2c(Cc3ccc(S(C)(=O)=O)cc3)n[nH]c2=S)cc1. The number of H-pyrrole nitrogens is 1. The third-order valence-corrected chi connectivity index (χ3v) is 6.01. The van der Waals surface area contributed by atoms with Crippen molar-refractivity contribution < 1.29 is 8.42 Å². The van der Waals surface area contributed by atoms with Gasteiger partial charge in [-0.15, -0.1) is 11.8 Å². The quantitative estimate of drug-likeness (QED) is 0.376. The normalized spacial score (nSPS) is 11.9. The molecule has 0 aliphatic rings. The largest absolute Gasteiger partial charge is 0.250 e. The lowest BCUT2D eigenvalue weighted by atomic mass is 10.1. The molecule has 1 aromatic heterocycles. The Morgan fingerprint density at radius 2 is 1.85 bits per heavy atom. The van der Waals surface area contributed by atoms with Crippen molar-refractivity contribution in [3.05, 3.63) is 70.3 Å². The van der Waals surface area contributed by atoms with Crippen LogP contribution < -0.4 is 0 Å². The molecule has 0 aliphatic heterocycles. The molecular weight excluding hydrogens is 400 g/mol. The van der Waals surface area contributed by atoms with E-state index in [1.165, 1.54) is 11.2 Å². The van der Waals surface area contributed by atoms with Gasteiger partial charge in [-0.25, -0.2) is 8.42 Å². The lowest BCUT2D eigenvalue weighted by molar-refractivity contribution is 0.602. The van der Waals surface area contributed by atoms with Gasteiger partial charge in [-0.1, -0.05) is 24.3 Å². The van der Waals surface area contributed by atoms with E-state index in [1.54, 1.807) is 46.9 Å². The van der Waals surface area contributed by atoms with Crippen LogP contribution in [0.3, 0.4) is 0 Å². The Balaban J connectivity index is 1.82. The van der Waals surface area contributed by atoms with E-state index in [-0.39, 0.29) is 4.90 Å². The van der Waals surface area contributed by atoms with E-state index >= 15 is 0 Å². The van der Waals surface area contributed by atoms with Crippen LogP contribution in [0.2, 0.25) is 0 Å². The zero-order valence-electron chi connectivity index (χ0n) is 14.8. The van der Waals surface area contributed by atoms with Gasteiger partial charge in [0, 0.05) is 17.6 Å². The highest BCUT2D eigenvalue weighted by Crippen LogP contribution is 2.15. The van der Waals surface area contributed by atoms with Crippen LogP contribution in [0.15, 0.2) is 63.4 Å². The fraction of sp³-hybridized carbons (Fsp3) is 0.167. The lowest BCUT2D eigenvalue weighted by Crippen LogP contribution is -2.01. The molecule has 0 spiro atoms. The molecule has 0 saturated carbocycles. The zero-order chi connectivity index (χ0) is 19.4. The monoisotopic (exact) mass is 418 g/mol. The van der Waals surface area contributed by atoms with Crippen molar-refractivity contribution >= 4 is 40.0 Å². The van der Waals surface area contributed by atoms with Crippen LogP contribution in [0.5, 0.6) is 0 Å². The number of hydrogen-bond acceptors (Lipinski definition) is 6. The Hall–Kier alpha value is -2.23. The van der Waals surface area contributed by atoms with Crippen molar-refractivity contribution in [3.8, 4) is 0 Å². The first-order valence-electron chi connectivity index (χ1n) is 8.00. The van der Waals surface area contributed by atoms with E-state index in [2.05, 4.69) is 15.3 Å². The predicted octanol–water partition coefficient (Wildman–Crippen LogP) is 3.54. The Kier molecular flexibility index (Phi) is 5.93. The second-order valence-electron chi connectivity index (χ2n) is 5.87. The predicted molar refractivity (Wildman–Crippen MR) is 111 cm³/mol. The van der Waals surface area contributed by atoms with Gasteiger partial charge in [0.15, 0.2) is 15.7 Å². The number of thioether (sulfide) groups is 1. The average molecular weight is 419 g/mol. The Morgan fingerprint density at radius 1 is 1.19 bits per heavy atom. The maximum Gasteiger partial charge on any atom is 0.216 e. The number of sulfone groups is 1. The number of nitrogens with one attached hydrogen (secondary N) is 1. The average Bonchev–Trinajstić information content (AvgIpc) is 2.99. The van der Waals surface area contributed by atoms with Crippen LogP contribution in [-0.4, -0.2) is 42.0 Å². The summed E-state index contributed by atoms with van der Waals surface area (Å²) < 4.78 is 25.1. The second kappa shape index (κ2) is 8.20. The molecule has 0 unspecified atom stereocenters. The van der Waals surface area contributed by atoms with Crippen LogP contribution in [0.25, 0.3) is 0 Å². The number of rotatable bonds is 6. The van der Waals surface area contributed by atoms with Gasteiger partial charge in [0.1, 0.15) is 0 Å². The Morgan fingerprint density at radius 3 is 2.44 bits per heavy atom. The molecule has 1 heterocycles. The molecule has 3 rings (SSSR count). The van der Waals surface area contributed by atoms with Gasteiger partial charge in [-0.2, -0.15) is 14.9 Å². The number of benzene rings is 2. The van der Waals surface area contributed by atoms with Gasteiger partial charge in [0.05, 0.1) is 11.1 Å². The summed E-state index contributed by atoms with van der Waals surface area (Å²) in [6, 6.07) is 14.8. The van der Waals surface area contributed by atoms with Crippen molar-refractivity contribution in [3.63, 3.8) is 0 Å². The topological polar surface area (TPSA) is 80.1 Å². The smallest absolute Gasteiger partial charge is 0.216 e. The van der Waals surface area contributed by atoms with Crippen LogP contribution in [-0.2, 0) is 16.3 Å². The first-order chi connectivity index (χ1) is 12.9. The van der Waals surface area contributed by atoms with Crippen LogP contribution >= 0.6 is 24.0 Å². The number of aromatic nitrogens is 3. The third-order valence-electron chi connectivity index (χ3n) is 3.87. The summed E-state index contributed by atoms with van der Waals surface area (Å²) in [5, 5.41) is 11.4. The molecule has 0 atom stereocenters. The van der Waals surface area contributed by atoms with Gasteiger partial charge in [-0.05, 0) is 53.9 Å². The molecule has 3 aromatic rings. The van der Waals surface area contributed by atoms with E-state index in [0.717, 1.165) is 11.1 Å². The molecule has 27 heavy (non-hydrogen) atoms. The summed E-state index contributed by atoms with van der Waals surface area (Å²) in [5.74, 6) is 0.643. The molecular formula is C18H18N4O2S3. The summed E-state index contributed by atoms with van der Waals surface area (Å²) in [5.41, 5.74) is 1.87. The van der Waals surface area contributed by atoms with Crippen LogP contribution in [0.4, 0.5) is 0 Å². The Labute approximate surface area is 167 Å². The van der Waals surface area contributed by atoms with E-state index in [4.69, 9.17) is 12.2 Å². The van der Waals surface area contributed by atoms with Crippen LogP contribution in [0, 0.1) is 4.77 Å².